The van der Waals surface area contributed by atoms with Crippen LogP contribution in [0.15, 0.2) is 24.3 Å². The van der Waals surface area contributed by atoms with Gasteiger partial charge < -0.3 is 15.1 Å². The number of rotatable bonds is 1. The molecule has 22 heavy (non-hydrogen) atoms. The van der Waals surface area contributed by atoms with E-state index in [-0.39, 0.29) is 19.0 Å². The normalized spacial score (nSPS) is 22.1. The lowest BCUT2D eigenvalue weighted by Gasteiger charge is -2.33. The highest BCUT2D eigenvalue weighted by Gasteiger charge is 2.29. The Morgan fingerprint density at radius 2 is 1.86 bits per heavy atom. The second kappa shape index (κ2) is 5.66. The van der Waals surface area contributed by atoms with Gasteiger partial charge in [0.15, 0.2) is 0 Å². The average molecular weight is 300 g/mol. The Labute approximate surface area is 129 Å². The molecule has 0 bridgehead atoms. The lowest BCUT2D eigenvalue weighted by atomic mass is 10.0. The number of aryl methyl sites for hydroxylation is 2. The van der Waals surface area contributed by atoms with Gasteiger partial charge >= 0.3 is 0 Å². The Morgan fingerprint density at radius 3 is 2.55 bits per heavy atom. The largest absolute Gasteiger partial charge is 0.391 e. The predicted octanol–water partition coefficient (Wildman–Crippen LogP) is 1.42. The zero-order valence-electron chi connectivity index (χ0n) is 12.8. The molecule has 5 heteroatoms. The summed E-state index contributed by atoms with van der Waals surface area (Å²) in [6.07, 6.45) is -1.04. The van der Waals surface area contributed by atoms with Crippen molar-refractivity contribution in [2.45, 2.75) is 32.5 Å². The van der Waals surface area contributed by atoms with Gasteiger partial charge in [0.1, 0.15) is 0 Å². The fourth-order valence-electron chi connectivity index (χ4n) is 2.99. The summed E-state index contributed by atoms with van der Waals surface area (Å²) >= 11 is 0. The Morgan fingerprint density at radius 1 is 1.18 bits per heavy atom. The summed E-state index contributed by atoms with van der Waals surface area (Å²) in [5, 5.41) is 20.4. The molecule has 2 atom stereocenters. The van der Waals surface area contributed by atoms with Crippen molar-refractivity contribution in [1.82, 2.24) is 9.88 Å². The molecule has 116 valence electrons. The summed E-state index contributed by atoms with van der Waals surface area (Å²) in [7, 11) is 0. The van der Waals surface area contributed by atoms with Crippen LogP contribution in [0.2, 0.25) is 0 Å². The molecule has 2 heterocycles. The van der Waals surface area contributed by atoms with E-state index in [1.54, 1.807) is 0 Å². The minimum absolute atomic E-state index is 0.189. The van der Waals surface area contributed by atoms with Gasteiger partial charge in [-0.1, -0.05) is 11.6 Å². The van der Waals surface area contributed by atoms with E-state index < -0.39 is 12.2 Å². The van der Waals surface area contributed by atoms with Crippen LogP contribution in [0.3, 0.4) is 0 Å². The van der Waals surface area contributed by atoms with Gasteiger partial charge in [-0.2, -0.15) is 0 Å². The smallest absolute Gasteiger partial charge is 0.255 e. The van der Waals surface area contributed by atoms with Crippen LogP contribution in [-0.2, 0) is 0 Å². The summed E-state index contributed by atoms with van der Waals surface area (Å²) in [5.74, 6) is -0.189. The maximum Gasteiger partial charge on any atom is 0.255 e. The molecule has 1 aliphatic heterocycles. The van der Waals surface area contributed by atoms with Gasteiger partial charge in [0.2, 0.25) is 0 Å². The number of aliphatic hydroxyl groups is 2. The number of benzene rings is 1. The van der Waals surface area contributed by atoms with Crippen LogP contribution in [0, 0.1) is 13.8 Å². The molecule has 2 N–H and O–H groups in total. The fraction of sp³-hybridized carbons (Fsp3) is 0.412. The first-order chi connectivity index (χ1) is 10.4. The Balaban J connectivity index is 1.98. The summed E-state index contributed by atoms with van der Waals surface area (Å²) < 4.78 is 0. The molecule has 0 unspecified atom stereocenters. The zero-order chi connectivity index (χ0) is 15.9. The lowest BCUT2D eigenvalue weighted by Crippen LogP contribution is -2.48. The predicted molar refractivity (Wildman–Crippen MR) is 83.8 cm³/mol. The highest BCUT2D eigenvalue weighted by Crippen LogP contribution is 2.21. The molecule has 0 spiro atoms. The number of nitrogens with zero attached hydrogens (tertiary/aromatic N) is 2. The lowest BCUT2D eigenvalue weighted by molar-refractivity contribution is -0.00389. The van der Waals surface area contributed by atoms with E-state index in [0.717, 1.165) is 16.5 Å². The first-order valence-electron chi connectivity index (χ1n) is 7.47. The van der Waals surface area contributed by atoms with Crippen molar-refractivity contribution in [2.75, 3.05) is 13.1 Å². The minimum atomic E-state index is -0.677. The number of likely N-dealkylation sites (tertiary alicyclic amines) is 1. The maximum absolute atomic E-state index is 12.7. The van der Waals surface area contributed by atoms with E-state index in [2.05, 4.69) is 4.98 Å². The van der Waals surface area contributed by atoms with Gasteiger partial charge in [0.25, 0.3) is 5.91 Å². The van der Waals surface area contributed by atoms with Crippen LogP contribution in [0.25, 0.3) is 10.9 Å². The van der Waals surface area contributed by atoms with Crippen LogP contribution < -0.4 is 0 Å². The van der Waals surface area contributed by atoms with E-state index in [1.807, 2.05) is 38.1 Å². The molecular weight excluding hydrogens is 280 g/mol. The number of hydrogen-bond donors (Lipinski definition) is 2. The number of fused-ring (bicyclic) bond motifs is 1. The van der Waals surface area contributed by atoms with Gasteiger partial charge in [-0.05, 0) is 32.0 Å². The number of amides is 1. The number of β-amino-alcohol motifs (C(OH)–C–C–N with tert-alkyl or cyclic N) is 2. The monoisotopic (exact) mass is 300 g/mol. The molecule has 1 saturated heterocycles. The van der Waals surface area contributed by atoms with E-state index >= 15 is 0 Å². The van der Waals surface area contributed by atoms with Gasteiger partial charge in [-0.3, -0.25) is 9.78 Å². The molecule has 1 aliphatic rings. The standard InChI is InChI=1S/C17H20N2O3/c1-10-3-4-16-12(5-10)6-15(11(2)18-16)17(22)19-8-13(20)7-14(21)9-19/h3-6,13-14,20-21H,7-9H2,1-2H3/t13-,14-/m1/s1. The minimum Gasteiger partial charge on any atom is -0.391 e. The van der Waals surface area contributed by atoms with E-state index in [1.165, 1.54) is 4.90 Å². The highest BCUT2D eigenvalue weighted by atomic mass is 16.3. The average Bonchev–Trinajstić information content (AvgIpc) is 2.45. The number of aromatic nitrogens is 1. The molecule has 1 amide bonds. The third-order valence-corrected chi connectivity index (χ3v) is 4.08. The van der Waals surface area contributed by atoms with Gasteiger partial charge in [0.05, 0.1) is 29.0 Å². The van der Waals surface area contributed by atoms with Crippen LogP contribution in [0.5, 0.6) is 0 Å². The van der Waals surface area contributed by atoms with Crippen LogP contribution in [0.1, 0.15) is 28.0 Å². The number of pyridine rings is 1. The number of hydrogen-bond acceptors (Lipinski definition) is 4. The Kier molecular flexibility index (Phi) is 3.85. The molecule has 0 aliphatic carbocycles. The summed E-state index contributed by atoms with van der Waals surface area (Å²) in [4.78, 5) is 18.7. The maximum atomic E-state index is 12.7. The molecule has 1 aromatic carbocycles. The zero-order valence-corrected chi connectivity index (χ0v) is 12.8. The third kappa shape index (κ3) is 2.82. The number of piperidine rings is 1. The van der Waals surface area contributed by atoms with Gasteiger partial charge in [-0.15, -0.1) is 0 Å². The first-order valence-corrected chi connectivity index (χ1v) is 7.47. The molecule has 1 aromatic heterocycles. The Bertz CT molecular complexity index is 719. The van der Waals surface area contributed by atoms with Gasteiger partial charge in [0, 0.05) is 24.9 Å². The van der Waals surface area contributed by atoms with Crippen molar-refractivity contribution >= 4 is 16.8 Å². The second-order valence-corrected chi connectivity index (χ2v) is 6.07. The van der Waals surface area contributed by atoms with Crippen molar-refractivity contribution in [1.29, 1.82) is 0 Å². The SMILES string of the molecule is Cc1ccc2nc(C)c(C(=O)N3C[C@H](O)C[C@@H](O)C3)cc2c1. The van der Waals surface area contributed by atoms with Crippen molar-refractivity contribution in [3.05, 3.63) is 41.1 Å². The Hall–Kier alpha value is -1.98. The number of carbonyl (C=O) groups is 1. The second-order valence-electron chi connectivity index (χ2n) is 6.07. The fourth-order valence-corrected chi connectivity index (χ4v) is 2.99. The van der Waals surface area contributed by atoms with E-state index in [4.69, 9.17) is 0 Å². The van der Waals surface area contributed by atoms with E-state index in [9.17, 15) is 15.0 Å². The molecule has 0 saturated carbocycles. The molecule has 5 nitrogen and oxygen atoms in total. The van der Waals surface area contributed by atoms with Crippen molar-refractivity contribution in [3.8, 4) is 0 Å². The summed E-state index contributed by atoms with van der Waals surface area (Å²) in [6.45, 7) is 4.31. The highest BCUT2D eigenvalue weighted by molar-refractivity contribution is 5.98. The van der Waals surface area contributed by atoms with Crippen LogP contribution >= 0.6 is 0 Å². The third-order valence-electron chi connectivity index (χ3n) is 4.08. The van der Waals surface area contributed by atoms with Gasteiger partial charge in [-0.25, -0.2) is 0 Å². The molecule has 3 rings (SSSR count). The topological polar surface area (TPSA) is 73.7 Å². The first kappa shape index (κ1) is 14.9. The summed E-state index contributed by atoms with van der Waals surface area (Å²) in [6, 6.07) is 7.78. The van der Waals surface area contributed by atoms with Crippen molar-refractivity contribution in [3.63, 3.8) is 0 Å². The number of aliphatic hydroxyl groups excluding tert-OH is 2. The molecular formula is C17H20N2O3. The molecule has 1 fully saturated rings. The summed E-state index contributed by atoms with van der Waals surface area (Å²) in [5.41, 5.74) is 3.16. The molecule has 2 aromatic rings. The van der Waals surface area contributed by atoms with Crippen molar-refractivity contribution in [2.24, 2.45) is 0 Å². The van der Waals surface area contributed by atoms with Crippen LogP contribution in [-0.4, -0.2) is 51.3 Å². The van der Waals surface area contributed by atoms with Crippen LogP contribution in [0.4, 0.5) is 0 Å². The van der Waals surface area contributed by atoms with E-state index in [0.29, 0.717) is 17.7 Å². The molecule has 0 radical (unpaired) electrons. The number of carbonyl (C=O) groups excluding carboxylic acids is 1. The van der Waals surface area contributed by atoms with Crippen molar-refractivity contribution < 1.29 is 15.0 Å². The quantitative estimate of drug-likeness (QED) is 0.835.